The molecule has 0 unspecified atom stereocenters. The highest BCUT2D eigenvalue weighted by atomic mass is 79.9. The summed E-state index contributed by atoms with van der Waals surface area (Å²) < 4.78 is 27.1. The van der Waals surface area contributed by atoms with E-state index in [9.17, 15) is 18.4 Å². The minimum Gasteiger partial charge on any atom is -0.325 e. The van der Waals surface area contributed by atoms with Crippen LogP contribution in [0.4, 0.5) is 8.78 Å². The molecule has 10 heteroatoms. The Morgan fingerprint density at radius 3 is 1.83 bits per heavy atom. The third kappa shape index (κ3) is 12.4. The third-order valence-electron chi connectivity index (χ3n) is 2.96. The van der Waals surface area contributed by atoms with Crippen molar-refractivity contribution in [1.82, 2.24) is 9.97 Å². The van der Waals surface area contributed by atoms with E-state index in [1.807, 2.05) is 0 Å². The summed E-state index contributed by atoms with van der Waals surface area (Å²) in [7, 11) is 0. The molecule has 5 nitrogen and oxygen atoms in total. The quantitative estimate of drug-likeness (QED) is 0.400. The predicted octanol–water partition coefficient (Wildman–Crippen LogP) is 5.05. The molecule has 2 N–H and O–H groups in total. The normalized spacial score (nSPS) is 9.31. The van der Waals surface area contributed by atoms with Crippen LogP contribution in [0.2, 0.25) is 0 Å². The molecule has 0 atom stereocenters. The Morgan fingerprint density at radius 2 is 1.48 bits per heavy atom. The van der Waals surface area contributed by atoms with Crippen molar-refractivity contribution in [3.05, 3.63) is 81.8 Å². The van der Waals surface area contributed by atoms with E-state index in [-0.39, 0.29) is 24.6 Å². The van der Waals surface area contributed by atoms with E-state index in [1.165, 1.54) is 30.6 Å². The van der Waals surface area contributed by atoms with Gasteiger partial charge in [-0.05, 0) is 74.2 Å². The highest BCUT2D eigenvalue weighted by Crippen LogP contribution is 2.13. The Balaban J connectivity index is 0.000000455. The van der Waals surface area contributed by atoms with Crippen molar-refractivity contribution in [3.63, 3.8) is 0 Å². The monoisotopic (exact) mass is 551 g/mol. The molecular formula is C19H18Br2ClF2N3O2. The molecule has 0 fully saturated rings. The van der Waals surface area contributed by atoms with Crippen molar-refractivity contribution in [2.75, 3.05) is 0 Å². The lowest BCUT2D eigenvalue weighted by Gasteiger charge is -2.00. The first-order valence-corrected chi connectivity index (χ1v) is 9.88. The number of hydrogen-bond acceptors (Lipinski definition) is 5. The van der Waals surface area contributed by atoms with Gasteiger partial charge in [-0.3, -0.25) is 19.6 Å². The molecule has 0 saturated carbocycles. The first-order valence-electron chi connectivity index (χ1n) is 7.91. The summed E-state index contributed by atoms with van der Waals surface area (Å²) in [5.41, 5.74) is 5.79. The minimum atomic E-state index is -0.509. The van der Waals surface area contributed by atoms with Crippen LogP contribution < -0.4 is 5.73 Å². The number of ketones is 1. The van der Waals surface area contributed by atoms with Gasteiger partial charge < -0.3 is 5.73 Å². The molecule has 29 heavy (non-hydrogen) atoms. The van der Waals surface area contributed by atoms with Gasteiger partial charge in [0, 0.05) is 34.3 Å². The molecule has 0 aliphatic heterocycles. The second-order valence-electron chi connectivity index (χ2n) is 5.05. The lowest BCUT2D eigenvalue weighted by molar-refractivity contribution is -0.114. The van der Waals surface area contributed by atoms with Crippen molar-refractivity contribution < 1.29 is 18.4 Å². The molecule has 156 valence electrons. The molecule has 0 aromatic carbocycles. The van der Waals surface area contributed by atoms with Crippen LogP contribution >= 0.6 is 43.5 Å². The van der Waals surface area contributed by atoms with Gasteiger partial charge in [0.1, 0.15) is 11.6 Å². The topological polar surface area (TPSA) is 85.9 Å². The number of carbonyl (C=O) groups excluding carboxylic acids is 2. The van der Waals surface area contributed by atoms with Crippen LogP contribution in [0.1, 0.15) is 17.8 Å². The van der Waals surface area contributed by atoms with Crippen LogP contribution in [0, 0.1) is 11.6 Å². The fourth-order valence-electron chi connectivity index (χ4n) is 1.56. The van der Waals surface area contributed by atoms with Crippen LogP contribution in [0.3, 0.4) is 0 Å². The molecule has 0 aliphatic rings. The Hall–Kier alpha value is -1.81. The van der Waals surface area contributed by atoms with Crippen molar-refractivity contribution in [3.8, 4) is 0 Å². The van der Waals surface area contributed by atoms with Crippen LogP contribution in [0.15, 0.2) is 58.8 Å². The Labute approximate surface area is 189 Å². The van der Waals surface area contributed by atoms with E-state index >= 15 is 0 Å². The number of rotatable bonds is 6. The van der Waals surface area contributed by atoms with E-state index < -0.39 is 11.1 Å². The van der Waals surface area contributed by atoms with Crippen LogP contribution in [-0.2, 0) is 22.6 Å². The first-order chi connectivity index (χ1) is 13.6. The molecule has 0 saturated heterocycles. The average molecular weight is 554 g/mol. The van der Waals surface area contributed by atoms with E-state index in [4.69, 9.17) is 17.3 Å². The minimum absolute atomic E-state index is 0.103. The van der Waals surface area contributed by atoms with Crippen LogP contribution in [0.25, 0.3) is 0 Å². The summed E-state index contributed by atoms with van der Waals surface area (Å²) in [4.78, 5) is 28.0. The number of allylic oxidation sites excluding steroid dienone is 2. The highest BCUT2D eigenvalue weighted by molar-refractivity contribution is 9.10. The van der Waals surface area contributed by atoms with E-state index in [1.54, 1.807) is 0 Å². The number of aromatic nitrogens is 2. The number of pyridine rings is 2. The molecule has 0 bridgehead atoms. The molecule has 2 rings (SSSR count). The van der Waals surface area contributed by atoms with Gasteiger partial charge in [-0.15, -0.1) is 0 Å². The molecule has 0 aliphatic carbocycles. The fourth-order valence-corrected chi connectivity index (χ4v) is 2.17. The number of aryl methyl sites for hydroxylation is 1. The summed E-state index contributed by atoms with van der Waals surface area (Å²) in [5, 5.41) is -0.509. The van der Waals surface area contributed by atoms with Crippen molar-refractivity contribution in [2.45, 2.75) is 19.4 Å². The predicted molar refractivity (Wildman–Crippen MR) is 116 cm³/mol. The second kappa shape index (κ2) is 15.1. The van der Waals surface area contributed by atoms with Gasteiger partial charge in [0.2, 0.25) is 5.24 Å². The lowest BCUT2D eigenvalue weighted by Crippen LogP contribution is -2.02. The van der Waals surface area contributed by atoms with Gasteiger partial charge in [-0.1, -0.05) is 13.2 Å². The van der Waals surface area contributed by atoms with Gasteiger partial charge in [0.25, 0.3) is 0 Å². The zero-order chi connectivity index (χ0) is 22.4. The van der Waals surface area contributed by atoms with Gasteiger partial charge >= 0.3 is 0 Å². The van der Waals surface area contributed by atoms with E-state index in [0.717, 1.165) is 6.08 Å². The molecule has 0 radical (unpaired) electrons. The number of nitrogens with two attached hydrogens (primary N) is 1. The summed E-state index contributed by atoms with van der Waals surface area (Å²) >= 11 is 10.9. The summed E-state index contributed by atoms with van der Waals surface area (Å²) in [6, 6.07) is 2.68. The van der Waals surface area contributed by atoms with Crippen molar-refractivity contribution >= 4 is 54.5 Å². The molecule has 0 amide bonds. The van der Waals surface area contributed by atoms with Gasteiger partial charge in [-0.2, -0.15) is 0 Å². The smallest absolute Gasteiger partial charge is 0.244 e. The number of halogens is 5. The van der Waals surface area contributed by atoms with Crippen LogP contribution in [-0.4, -0.2) is 21.0 Å². The standard InChI is InChI=1S/C10H9BrFNO.C6H6BrFN2.C3H3ClO/c1-2-8(14)3-4-10-9(12)5-7(11)6-13-10;7-4-1-5(8)6(2-9)10-3-4;1-2-3(4)5/h2,5-6H,1,3-4H2;1,3H,2,9H2;2H,1H2. The Kier molecular flexibility index (Phi) is 14.1. The molecule has 2 aromatic heterocycles. The SMILES string of the molecule is C=CC(=O)CCc1ncc(Br)cc1F.C=CC(=O)Cl.NCc1ncc(Br)cc1F. The molecular weight excluding hydrogens is 535 g/mol. The average Bonchev–Trinajstić information content (AvgIpc) is 2.68. The second-order valence-corrected chi connectivity index (χ2v) is 7.25. The number of hydrogen-bond donors (Lipinski definition) is 1. The zero-order valence-electron chi connectivity index (χ0n) is 15.2. The van der Waals surface area contributed by atoms with Crippen LogP contribution in [0.5, 0.6) is 0 Å². The first kappa shape index (κ1) is 27.2. The lowest BCUT2D eigenvalue weighted by atomic mass is 10.1. The van der Waals surface area contributed by atoms with Crippen molar-refractivity contribution in [1.29, 1.82) is 0 Å². The highest BCUT2D eigenvalue weighted by Gasteiger charge is 2.06. The van der Waals surface area contributed by atoms with E-state index in [0.29, 0.717) is 26.8 Å². The zero-order valence-corrected chi connectivity index (χ0v) is 19.1. The third-order valence-corrected chi connectivity index (χ3v) is 3.98. The van der Waals surface area contributed by atoms with E-state index in [2.05, 4.69) is 55.0 Å². The largest absolute Gasteiger partial charge is 0.325 e. The van der Waals surface area contributed by atoms with Gasteiger partial charge in [-0.25, -0.2) is 8.78 Å². The molecule has 2 heterocycles. The van der Waals surface area contributed by atoms with Gasteiger partial charge in [0.05, 0.1) is 11.4 Å². The summed E-state index contributed by atoms with van der Waals surface area (Å²) in [6.45, 7) is 6.55. The maximum Gasteiger partial charge on any atom is 0.244 e. The number of carbonyl (C=O) groups is 2. The molecule has 0 spiro atoms. The Morgan fingerprint density at radius 1 is 1.03 bits per heavy atom. The van der Waals surface area contributed by atoms with Crippen molar-refractivity contribution in [2.24, 2.45) is 5.73 Å². The maximum atomic E-state index is 13.2. The number of nitrogens with zero attached hydrogens (tertiary/aromatic N) is 2. The fraction of sp³-hybridized carbons (Fsp3) is 0.158. The van der Waals surface area contributed by atoms with Gasteiger partial charge in [0.15, 0.2) is 5.78 Å². The Bertz CT molecular complexity index is 867. The summed E-state index contributed by atoms with van der Waals surface area (Å²) in [6.07, 6.45) is 5.86. The summed E-state index contributed by atoms with van der Waals surface area (Å²) in [5.74, 6) is -0.859. The molecule has 2 aromatic rings. The maximum absolute atomic E-state index is 13.2.